The number of rotatable bonds is 6. The summed E-state index contributed by atoms with van der Waals surface area (Å²) in [7, 11) is -3.56. The van der Waals surface area contributed by atoms with E-state index >= 15 is 0 Å². The maximum Gasteiger partial charge on any atom is 0.261 e. The number of sulfonamides is 1. The molecule has 0 aromatic heterocycles. The van der Waals surface area contributed by atoms with E-state index in [1.54, 1.807) is 36.4 Å². The van der Waals surface area contributed by atoms with Crippen LogP contribution in [-0.4, -0.2) is 27.7 Å². The molecular formula is C18H22N2O3S. The molecule has 3 rings (SSSR count). The Morgan fingerprint density at radius 3 is 2.33 bits per heavy atom. The number of hydrogen-bond acceptors (Lipinski definition) is 4. The molecule has 0 radical (unpaired) electrons. The van der Waals surface area contributed by atoms with Crippen molar-refractivity contribution in [3.05, 3.63) is 54.1 Å². The van der Waals surface area contributed by atoms with Gasteiger partial charge in [0, 0.05) is 24.5 Å². The molecule has 0 saturated carbocycles. The highest BCUT2D eigenvalue weighted by Gasteiger charge is 2.15. The second kappa shape index (κ2) is 7.23. The monoisotopic (exact) mass is 346 g/mol. The van der Waals surface area contributed by atoms with Gasteiger partial charge in [-0.3, -0.25) is 4.72 Å². The molecule has 1 saturated heterocycles. The van der Waals surface area contributed by atoms with E-state index in [4.69, 9.17) is 4.74 Å². The zero-order valence-electron chi connectivity index (χ0n) is 13.7. The maximum atomic E-state index is 12.4. The topological polar surface area (TPSA) is 67.4 Å². The molecule has 1 heterocycles. The molecule has 128 valence electrons. The van der Waals surface area contributed by atoms with Crippen LogP contribution in [0.1, 0.15) is 18.4 Å². The molecule has 6 heteroatoms. The highest BCUT2D eigenvalue weighted by molar-refractivity contribution is 7.92. The van der Waals surface area contributed by atoms with Crippen LogP contribution < -0.4 is 10.0 Å². The van der Waals surface area contributed by atoms with Gasteiger partial charge in [-0.05, 0) is 56.2 Å². The van der Waals surface area contributed by atoms with Crippen molar-refractivity contribution in [2.75, 3.05) is 23.2 Å². The molecule has 0 aliphatic carbocycles. The standard InChI is InChI=1S/C18H22N2O3S/c1-14-4-10-18(11-5-14)24(21,22)20-16-8-6-15(7-9-16)19-13-17-3-2-12-23-17/h4-11,17,19-20H,2-3,12-13H2,1H3. The first-order chi connectivity index (χ1) is 11.5. The van der Waals surface area contributed by atoms with Crippen molar-refractivity contribution in [3.8, 4) is 0 Å². The Hall–Kier alpha value is -2.05. The van der Waals surface area contributed by atoms with E-state index in [0.29, 0.717) is 5.69 Å². The lowest BCUT2D eigenvalue weighted by atomic mass is 10.2. The van der Waals surface area contributed by atoms with Crippen LogP contribution in [0.3, 0.4) is 0 Å². The van der Waals surface area contributed by atoms with Crippen molar-refractivity contribution in [3.63, 3.8) is 0 Å². The van der Waals surface area contributed by atoms with E-state index < -0.39 is 10.0 Å². The van der Waals surface area contributed by atoms with Crippen LogP contribution in [0.4, 0.5) is 11.4 Å². The smallest absolute Gasteiger partial charge is 0.261 e. The minimum absolute atomic E-state index is 0.258. The first-order valence-electron chi connectivity index (χ1n) is 8.08. The van der Waals surface area contributed by atoms with Gasteiger partial charge in [0.15, 0.2) is 0 Å². The molecule has 0 spiro atoms. The summed E-state index contributed by atoms with van der Waals surface area (Å²) in [6, 6.07) is 14.0. The molecule has 2 aromatic rings. The van der Waals surface area contributed by atoms with E-state index in [-0.39, 0.29) is 11.0 Å². The van der Waals surface area contributed by atoms with Crippen molar-refractivity contribution < 1.29 is 13.2 Å². The van der Waals surface area contributed by atoms with Crippen molar-refractivity contribution in [1.29, 1.82) is 0 Å². The van der Waals surface area contributed by atoms with E-state index in [1.807, 2.05) is 19.1 Å². The fraction of sp³-hybridized carbons (Fsp3) is 0.333. The molecule has 1 fully saturated rings. The molecule has 1 aliphatic heterocycles. The third kappa shape index (κ3) is 4.27. The van der Waals surface area contributed by atoms with Gasteiger partial charge in [-0.15, -0.1) is 0 Å². The first kappa shape index (κ1) is 16.8. The zero-order chi connectivity index (χ0) is 17.0. The third-order valence-corrected chi connectivity index (χ3v) is 5.42. The number of aryl methyl sites for hydroxylation is 1. The van der Waals surface area contributed by atoms with Crippen LogP contribution in [0.15, 0.2) is 53.4 Å². The Balaban J connectivity index is 1.61. The van der Waals surface area contributed by atoms with Gasteiger partial charge < -0.3 is 10.1 Å². The Kier molecular flexibility index (Phi) is 5.06. The highest BCUT2D eigenvalue weighted by atomic mass is 32.2. The summed E-state index contributed by atoms with van der Waals surface area (Å²) in [5.41, 5.74) is 2.51. The van der Waals surface area contributed by atoms with E-state index in [9.17, 15) is 8.42 Å². The summed E-state index contributed by atoms with van der Waals surface area (Å²) in [5.74, 6) is 0. The number of benzene rings is 2. The predicted octanol–water partition coefficient (Wildman–Crippen LogP) is 3.39. The lowest BCUT2D eigenvalue weighted by Gasteiger charge is -2.13. The predicted molar refractivity (Wildman–Crippen MR) is 95.9 cm³/mol. The quantitative estimate of drug-likeness (QED) is 0.841. The summed E-state index contributed by atoms with van der Waals surface area (Å²) in [6.07, 6.45) is 2.47. The van der Waals surface area contributed by atoms with Gasteiger partial charge in [0.25, 0.3) is 10.0 Å². The summed E-state index contributed by atoms with van der Waals surface area (Å²) < 4.78 is 32.9. The van der Waals surface area contributed by atoms with Gasteiger partial charge in [-0.25, -0.2) is 8.42 Å². The Labute approximate surface area is 143 Å². The van der Waals surface area contributed by atoms with Gasteiger partial charge >= 0.3 is 0 Å². The average Bonchev–Trinajstić information content (AvgIpc) is 3.08. The molecule has 5 nitrogen and oxygen atoms in total. The maximum absolute atomic E-state index is 12.4. The summed E-state index contributed by atoms with van der Waals surface area (Å²) in [6.45, 7) is 3.53. The van der Waals surface area contributed by atoms with Crippen LogP contribution in [-0.2, 0) is 14.8 Å². The van der Waals surface area contributed by atoms with E-state index in [1.165, 1.54) is 0 Å². The summed E-state index contributed by atoms with van der Waals surface area (Å²) in [5, 5.41) is 3.31. The summed E-state index contributed by atoms with van der Waals surface area (Å²) in [4.78, 5) is 0.258. The Morgan fingerprint density at radius 1 is 1.04 bits per heavy atom. The number of ether oxygens (including phenoxy) is 1. The molecule has 2 N–H and O–H groups in total. The molecule has 1 aliphatic rings. The fourth-order valence-corrected chi connectivity index (χ4v) is 3.68. The van der Waals surface area contributed by atoms with Crippen LogP contribution in [0.25, 0.3) is 0 Å². The lowest BCUT2D eigenvalue weighted by Crippen LogP contribution is -2.18. The molecule has 0 bridgehead atoms. The van der Waals surface area contributed by atoms with Gasteiger partial charge in [0.05, 0.1) is 11.0 Å². The van der Waals surface area contributed by atoms with Gasteiger partial charge in [-0.1, -0.05) is 17.7 Å². The lowest BCUT2D eigenvalue weighted by molar-refractivity contribution is 0.120. The molecule has 1 atom stereocenters. The number of hydrogen-bond donors (Lipinski definition) is 2. The van der Waals surface area contributed by atoms with Crippen molar-refractivity contribution >= 4 is 21.4 Å². The molecule has 1 unspecified atom stereocenters. The van der Waals surface area contributed by atoms with E-state index in [0.717, 1.165) is 37.2 Å². The molecule has 0 amide bonds. The van der Waals surface area contributed by atoms with Crippen LogP contribution >= 0.6 is 0 Å². The molecule has 24 heavy (non-hydrogen) atoms. The average molecular weight is 346 g/mol. The Bertz CT molecular complexity index is 765. The zero-order valence-corrected chi connectivity index (χ0v) is 14.5. The molecular weight excluding hydrogens is 324 g/mol. The normalized spacial score (nSPS) is 17.6. The van der Waals surface area contributed by atoms with Crippen molar-refractivity contribution in [2.24, 2.45) is 0 Å². The second-order valence-electron chi connectivity index (χ2n) is 6.01. The third-order valence-electron chi connectivity index (χ3n) is 4.03. The van der Waals surface area contributed by atoms with Crippen LogP contribution in [0.5, 0.6) is 0 Å². The van der Waals surface area contributed by atoms with Crippen molar-refractivity contribution in [2.45, 2.75) is 30.8 Å². The van der Waals surface area contributed by atoms with Crippen molar-refractivity contribution in [1.82, 2.24) is 0 Å². The number of anilines is 2. The van der Waals surface area contributed by atoms with Crippen LogP contribution in [0, 0.1) is 6.92 Å². The van der Waals surface area contributed by atoms with Crippen LogP contribution in [0.2, 0.25) is 0 Å². The molecule has 2 aromatic carbocycles. The first-order valence-corrected chi connectivity index (χ1v) is 9.56. The van der Waals surface area contributed by atoms with Gasteiger partial charge in [0.1, 0.15) is 0 Å². The minimum Gasteiger partial charge on any atom is -0.382 e. The van der Waals surface area contributed by atoms with Gasteiger partial charge in [-0.2, -0.15) is 0 Å². The van der Waals surface area contributed by atoms with Gasteiger partial charge in [0.2, 0.25) is 0 Å². The van der Waals surface area contributed by atoms with E-state index in [2.05, 4.69) is 10.0 Å². The summed E-state index contributed by atoms with van der Waals surface area (Å²) >= 11 is 0. The largest absolute Gasteiger partial charge is 0.382 e. The second-order valence-corrected chi connectivity index (χ2v) is 7.69. The fourth-order valence-electron chi connectivity index (χ4n) is 2.62. The highest BCUT2D eigenvalue weighted by Crippen LogP contribution is 2.19. The number of nitrogens with one attached hydrogen (secondary N) is 2. The minimum atomic E-state index is -3.56. The Morgan fingerprint density at radius 2 is 1.71 bits per heavy atom. The SMILES string of the molecule is Cc1ccc(S(=O)(=O)Nc2ccc(NCC3CCCO3)cc2)cc1.